The van der Waals surface area contributed by atoms with Gasteiger partial charge in [-0.3, -0.25) is 0 Å². The van der Waals surface area contributed by atoms with E-state index in [1.54, 1.807) is 7.11 Å². The molecular formula is C13H21NOS. The monoisotopic (exact) mass is 239 g/mol. The summed E-state index contributed by atoms with van der Waals surface area (Å²) in [4.78, 5) is 1.39. The molecule has 0 bridgehead atoms. The lowest BCUT2D eigenvalue weighted by Gasteiger charge is -2.08. The number of methoxy groups -OCH3 is 1. The fraction of sp³-hybridized carbons (Fsp3) is 0.538. The van der Waals surface area contributed by atoms with Gasteiger partial charge in [0, 0.05) is 30.9 Å². The highest BCUT2D eigenvalue weighted by molar-refractivity contribution is 7.99. The molecule has 1 aromatic rings. The highest BCUT2D eigenvalue weighted by Crippen LogP contribution is 2.23. The summed E-state index contributed by atoms with van der Waals surface area (Å²) in [6, 6.07) is 6.68. The summed E-state index contributed by atoms with van der Waals surface area (Å²) in [7, 11) is 3.73. The van der Waals surface area contributed by atoms with Crippen LogP contribution >= 0.6 is 11.8 Å². The zero-order chi connectivity index (χ0) is 11.8. The Morgan fingerprint density at radius 3 is 2.81 bits per heavy atom. The number of hydrogen-bond acceptors (Lipinski definition) is 3. The highest BCUT2D eigenvalue weighted by Gasteiger charge is 2.00. The van der Waals surface area contributed by atoms with Crippen molar-refractivity contribution in [1.82, 2.24) is 5.32 Å². The molecule has 0 unspecified atom stereocenters. The second-order valence-electron chi connectivity index (χ2n) is 3.82. The maximum absolute atomic E-state index is 5.04. The molecule has 0 atom stereocenters. The van der Waals surface area contributed by atoms with Gasteiger partial charge in [-0.15, -0.1) is 11.8 Å². The van der Waals surface area contributed by atoms with Crippen LogP contribution in [0.25, 0.3) is 0 Å². The molecule has 0 heterocycles. The van der Waals surface area contributed by atoms with Gasteiger partial charge in [0.15, 0.2) is 0 Å². The molecule has 1 N–H and O–H groups in total. The first-order valence-electron chi connectivity index (χ1n) is 5.63. The number of rotatable bonds is 7. The molecule has 0 saturated carbocycles. The zero-order valence-corrected chi connectivity index (χ0v) is 11.2. The minimum Gasteiger partial charge on any atom is -0.385 e. The molecule has 90 valence electrons. The predicted molar refractivity (Wildman–Crippen MR) is 71.2 cm³/mol. The van der Waals surface area contributed by atoms with Crippen LogP contribution in [0.2, 0.25) is 0 Å². The van der Waals surface area contributed by atoms with Crippen molar-refractivity contribution < 1.29 is 4.74 Å². The molecule has 1 aromatic carbocycles. The van der Waals surface area contributed by atoms with Crippen LogP contribution in [0.3, 0.4) is 0 Å². The average Bonchev–Trinajstić information content (AvgIpc) is 2.27. The molecule has 0 amide bonds. The summed E-state index contributed by atoms with van der Waals surface area (Å²) in [5.74, 6) is 1.13. The molecule has 1 rings (SSSR count). The van der Waals surface area contributed by atoms with Crippen molar-refractivity contribution in [2.24, 2.45) is 0 Å². The topological polar surface area (TPSA) is 21.3 Å². The second kappa shape index (κ2) is 7.71. The zero-order valence-electron chi connectivity index (χ0n) is 10.4. The summed E-state index contributed by atoms with van der Waals surface area (Å²) in [5, 5.41) is 3.17. The quantitative estimate of drug-likeness (QED) is 0.584. The Kier molecular flexibility index (Phi) is 6.53. The molecule has 3 heteroatoms. The lowest BCUT2D eigenvalue weighted by atomic mass is 10.1. The fourth-order valence-electron chi connectivity index (χ4n) is 1.57. The second-order valence-corrected chi connectivity index (χ2v) is 4.96. The van der Waals surface area contributed by atoms with Crippen LogP contribution in [0, 0.1) is 6.92 Å². The Hall–Kier alpha value is -0.510. The SMILES string of the molecule is CNCc1ccc(SCCCOC)c(C)c1. The minimum absolute atomic E-state index is 0.851. The Labute approximate surface area is 103 Å². The minimum atomic E-state index is 0.851. The van der Waals surface area contributed by atoms with Crippen molar-refractivity contribution in [2.45, 2.75) is 24.8 Å². The van der Waals surface area contributed by atoms with Crippen LogP contribution in [0.4, 0.5) is 0 Å². The lowest BCUT2D eigenvalue weighted by molar-refractivity contribution is 0.200. The maximum Gasteiger partial charge on any atom is 0.0470 e. The van der Waals surface area contributed by atoms with Crippen LogP contribution in [0.1, 0.15) is 17.5 Å². The van der Waals surface area contributed by atoms with E-state index in [0.717, 1.165) is 25.3 Å². The first kappa shape index (κ1) is 13.6. The lowest BCUT2D eigenvalue weighted by Crippen LogP contribution is -2.05. The summed E-state index contributed by atoms with van der Waals surface area (Å²) < 4.78 is 5.04. The van der Waals surface area contributed by atoms with Crippen molar-refractivity contribution in [3.8, 4) is 0 Å². The van der Waals surface area contributed by atoms with E-state index in [1.165, 1.54) is 16.0 Å². The van der Waals surface area contributed by atoms with E-state index < -0.39 is 0 Å². The van der Waals surface area contributed by atoms with Gasteiger partial charge in [-0.1, -0.05) is 12.1 Å². The van der Waals surface area contributed by atoms with Crippen molar-refractivity contribution in [1.29, 1.82) is 0 Å². The van der Waals surface area contributed by atoms with Crippen LogP contribution in [-0.4, -0.2) is 26.5 Å². The maximum atomic E-state index is 5.04. The molecule has 2 nitrogen and oxygen atoms in total. The van der Waals surface area contributed by atoms with E-state index in [-0.39, 0.29) is 0 Å². The molecule has 0 spiro atoms. The Balaban J connectivity index is 2.47. The molecule has 0 aliphatic carbocycles. The van der Waals surface area contributed by atoms with E-state index in [2.05, 4.69) is 30.4 Å². The molecule has 0 aliphatic heterocycles. The number of aryl methyl sites for hydroxylation is 1. The molecule has 0 aliphatic rings. The van der Waals surface area contributed by atoms with Gasteiger partial charge < -0.3 is 10.1 Å². The van der Waals surface area contributed by atoms with E-state index in [9.17, 15) is 0 Å². The summed E-state index contributed by atoms with van der Waals surface area (Å²) in [5.41, 5.74) is 2.72. The Bertz CT molecular complexity index is 315. The van der Waals surface area contributed by atoms with Crippen molar-refractivity contribution >= 4 is 11.8 Å². The van der Waals surface area contributed by atoms with Crippen molar-refractivity contribution in [3.05, 3.63) is 29.3 Å². The first-order chi connectivity index (χ1) is 7.77. The third-order valence-corrected chi connectivity index (χ3v) is 3.63. The third kappa shape index (κ3) is 4.56. The van der Waals surface area contributed by atoms with E-state index in [1.807, 2.05) is 18.8 Å². The van der Waals surface area contributed by atoms with Gasteiger partial charge >= 0.3 is 0 Å². The summed E-state index contributed by atoms with van der Waals surface area (Å²) in [6.07, 6.45) is 1.11. The average molecular weight is 239 g/mol. The van der Waals surface area contributed by atoms with Gasteiger partial charge in [0.2, 0.25) is 0 Å². The van der Waals surface area contributed by atoms with Crippen molar-refractivity contribution in [2.75, 3.05) is 26.5 Å². The molecule has 0 radical (unpaired) electrons. The molecule has 16 heavy (non-hydrogen) atoms. The standard InChI is InChI=1S/C13H21NOS/c1-11-9-12(10-14-2)5-6-13(11)16-8-4-7-15-3/h5-6,9,14H,4,7-8,10H2,1-3H3. The van der Waals surface area contributed by atoms with E-state index in [4.69, 9.17) is 4.74 Å². The van der Waals surface area contributed by atoms with Crippen LogP contribution in [0.5, 0.6) is 0 Å². The molecule has 0 fully saturated rings. The number of hydrogen-bond donors (Lipinski definition) is 1. The van der Waals surface area contributed by atoms with Crippen LogP contribution in [0.15, 0.2) is 23.1 Å². The Morgan fingerprint density at radius 1 is 1.38 bits per heavy atom. The first-order valence-corrected chi connectivity index (χ1v) is 6.62. The highest BCUT2D eigenvalue weighted by atomic mass is 32.2. The Morgan fingerprint density at radius 2 is 2.19 bits per heavy atom. The number of thioether (sulfide) groups is 1. The summed E-state index contributed by atoms with van der Waals surface area (Å²) in [6.45, 7) is 3.97. The fourth-order valence-corrected chi connectivity index (χ4v) is 2.51. The normalized spacial score (nSPS) is 10.7. The van der Waals surface area contributed by atoms with Gasteiger partial charge in [-0.2, -0.15) is 0 Å². The smallest absolute Gasteiger partial charge is 0.0470 e. The van der Waals surface area contributed by atoms with Gasteiger partial charge in [0.05, 0.1) is 0 Å². The van der Waals surface area contributed by atoms with Gasteiger partial charge in [0.1, 0.15) is 0 Å². The van der Waals surface area contributed by atoms with Gasteiger partial charge in [-0.05, 0) is 37.6 Å². The molecule has 0 saturated heterocycles. The predicted octanol–water partition coefficient (Wildman–Crippen LogP) is 2.84. The number of ether oxygens (including phenoxy) is 1. The largest absolute Gasteiger partial charge is 0.385 e. The van der Waals surface area contributed by atoms with Gasteiger partial charge in [0.25, 0.3) is 0 Å². The van der Waals surface area contributed by atoms with Crippen LogP contribution in [-0.2, 0) is 11.3 Å². The number of nitrogens with one attached hydrogen (secondary N) is 1. The van der Waals surface area contributed by atoms with E-state index >= 15 is 0 Å². The van der Waals surface area contributed by atoms with Crippen molar-refractivity contribution in [3.63, 3.8) is 0 Å². The van der Waals surface area contributed by atoms with E-state index in [0.29, 0.717) is 0 Å². The van der Waals surface area contributed by atoms with Gasteiger partial charge in [-0.25, -0.2) is 0 Å². The molecule has 0 aromatic heterocycles. The molecular weight excluding hydrogens is 218 g/mol. The third-order valence-electron chi connectivity index (χ3n) is 2.37. The number of benzene rings is 1. The summed E-state index contributed by atoms with van der Waals surface area (Å²) >= 11 is 1.91. The van der Waals surface area contributed by atoms with Crippen LogP contribution < -0.4 is 5.32 Å².